The van der Waals surface area contributed by atoms with Crippen molar-refractivity contribution in [2.24, 2.45) is 0 Å². The summed E-state index contributed by atoms with van der Waals surface area (Å²) < 4.78 is 5.85. The summed E-state index contributed by atoms with van der Waals surface area (Å²) in [6.07, 6.45) is 0.0571. The summed E-state index contributed by atoms with van der Waals surface area (Å²) in [5.41, 5.74) is 1.99. The normalized spacial score (nSPS) is 12.0. The van der Waals surface area contributed by atoms with E-state index in [2.05, 4.69) is 29.6 Å². The molecule has 3 aromatic carbocycles. The Morgan fingerprint density at radius 1 is 1.08 bits per heavy atom. The Morgan fingerprint density at radius 2 is 1.85 bits per heavy atom. The fourth-order valence-electron chi connectivity index (χ4n) is 2.83. The van der Waals surface area contributed by atoms with E-state index in [1.807, 2.05) is 38.1 Å². The average molecular weight is 368 g/mol. The van der Waals surface area contributed by atoms with Crippen molar-refractivity contribution in [3.8, 4) is 5.75 Å². The van der Waals surface area contributed by atoms with Crippen LogP contribution in [0.1, 0.15) is 24.5 Å². The standard InChI is InChI=1S/C22H22ClNO2/c1-3-21(26-19-10-11-20(23)15(2)12-19)22(25)24-14-16-8-9-17-6-4-5-7-18(17)13-16/h4-13,21H,3,14H2,1-2H3,(H,24,25). The second-order valence-electron chi connectivity index (χ2n) is 6.33. The minimum absolute atomic E-state index is 0.117. The first-order valence-electron chi connectivity index (χ1n) is 8.75. The van der Waals surface area contributed by atoms with Gasteiger partial charge in [0.2, 0.25) is 0 Å². The lowest BCUT2D eigenvalue weighted by molar-refractivity contribution is -0.128. The molecule has 0 aliphatic rings. The minimum atomic E-state index is -0.531. The molecule has 1 atom stereocenters. The van der Waals surface area contributed by atoms with Crippen molar-refractivity contribution in [1.29, 1.82) is 0 Å². The van der Waals surface area contributed by atoms with Crippen molar-refractivity contribution in [3.63, 3.8) is 0 Å². The highest BCUT2D eigenvalue weighted by Gasteiger charge is 2.18. The molecule has 0 aliphatic heterocycles. The molecule has 3 aromatic rings. The maximum atomic E-state index is 12.5. The minimum Gasteiger partial charge on any atom is -0.481 e. The van der Waals surface area contributed by atoms with Gasteiger partial charge >= 0.3 is 0 Å². The lowest BCUT2D eigenvalue weighted by Gasteiger charge is -2.18. The molecule has 0 aromatic heterocycles. The van der Waals surface area contributed by atoms with Crippen molar-refractivity contribution in [2.45, 2.75) is 32.9 Å². The Kier molecular flexibility index (Phi) is 5.79. The van der Waals surface area contributed by atoms with E-state index in [0.29, 0.717) is 23.7 Å². The monoisotopic (exact) mass is 367 g/mol. The van der Waals surface area contributed by atoms with Crippen molar-refractivity contribution in [1.82, 2.24) is 5.32 Å². The Labute approximate surface area is 158 Å². The predicted octanol–water partition coefficient (Wildman–Crippen LogP) is 5.28. The number of amides is 1. The third-order valence-corrected chi connectivity index (χ3v) is 4.78. The highest BCUT2D eigenvalue weighted by Crippen LogP contribution is 2.22. The summed E-state index contributed by atoms with van der Waals surface area (Å²) in [7, 11) is 0. The van der Waals surface area contributed by atoms with Crippen LogP contribution in [0.4, 0.5) is 0 Å². The Bertz CT molecular complexity index is 923. The number of rotatable bonds is 6. The average Bonchev–Trinajstić information content (AvgIpc) is 2.66. The fourth-order valence-corrected chi connectivity index (χ4v) is 2.95. The second kappa shape index (κ2) is 8.24. The van der Waals surface area contributed by atoms with Crippen molar-refractivity contribution < 1.29 is 9.53 Å². The molecule has 0 spiro atoms. The summed E-state index contributed by atoms with van der Waals surface area (Å²) in [5, 5.41) is 6.01. The van der Waals surface area contributed by atoms with Gasteiger partial charge in [-0.2, -0.15) is 0 Å². The molecule has 1 N–H and O–H groups in total. The number of nitrogens with one attached hydrogen (secondary N) is 1. The van der Waals surface area contributed by atoms with E-state index in [4.69, 9.17) is 16.3 Å². The van der Waals surface area contributed by atoms with E-state index in [1.54, 1.807) is 12.1 Å². The highest BCUT2D eigenvalue weighted by atomic mass is 35.5. The van der Waals surface area contributed by atoms with Crippen LogP contribution in [0, 0.1) is 6.92 Å². The fraction of sp³-hybridized carbons (Fsp3) is 0.227. The van der Waals surface area contributed by atoms with E-state index in [9.17, 15) is 4.79 Å². The van der Waals surface area contributed by atoms with Gasteiger partial charge in [-0.25, -0.2) is 0 Å². The van der Waals surface area contributed by atoms with Gasteiger partial charge in [0, 0.05) is 11.6 Å². The van der Waals surface area contributed by atoms with Gasteiger partial charge in [-0.15, -0.1) is 0 Å². The molecule has 4 heteroatoms. The van der Waals surface area contributed by atoms with Crippen LogP contribution in [-0.2, 0) is 11.3 Å². The van der Waals surface area contributed by atoms with Gasteiger partial charge in [0.05, 0.1) is 0 Å². The van der Waals surface area contributed by atoms with E-state index in [1.165, 1.54) is 10.8 Å². The molecule has 0 heterocycles. The third kappa shape index (κ3) is 4.36. The Hall–Kier alpha value is -2.52. The molecule has 134 valence electrons. The first-order valence-corrected chi connectivity index (χ1v) is 9.13. The molecule has 1 unspecified atom stereocenters. The second-order valence-corrected chi connectivity index (χ2v) is 6.73. The maximum Gasteiger partial charge on any atom is 0.261 e. The number of hydrogen-bond acceptors (Lipinski definition) is 2. The smallest absolute Gasteiger partial charge is 0.261 e. The molecular weight excluding hydrogens is 346 g/mol. The summed E-state index contributed by atoms with van der Waals surface area (Å²) >= 11 is 6.04. The van der Waals surface area contributed by atoms with Gasteiger partial charge in [-0.3, -0.25) is 4.79 Å². The van der Waals surface area contributed by atoms with Crippen LogP contribution in [-0.4, -0.2) is 12.0 Å². The molecule has 0 aliphatic carbocycles. The molecule has 0 bridgehead atoms. The van der Waals surface area contributed by atoms with E-state index in [0.717, 1.165) is 11.1 Å². The SMILES string of the molecule is CCC(Oc1ccc(Cl)c(C)c1)C(=O)NCc1ccc2ccccc2c1. The van der Waals surface area contributed by atoms with Gasteiger partial charge in [-0.1, -0.05) is 54.9 Å². The molecule has 0 fully saturated rings. The largest absolute Gasteiger partial charge is 0.481 e. The number of benzene rings is 3. The topological polar surface area (TPSA) is 38.3 Å². The Balaban J connectivity index is 1.63. The van der Waals surface area contributed by atoms with E-state index in [-0.39, 0.29) is 5.91 Å². The number of fused-ring (bicyclic) bond motifs is 1. The van der Waals surface area contributed by atoms with E-state index < -0.39 is 6.10 Å². The van der Waals surface area contributed by atoms with Gasteiger partial charge in [0.15, 0.2) is 6.10 Å². The van der Waals surface area contributed by atoms with Crippen molar-refractivity contribution >= 4 is 28.3 Å². The lowest BCUT2D eigenvalue weighted by atomic mass is 10.1. The van der Waals surface area contributed by atoms with Gasteiger partial charge < -0.3 is 10.1 Å². The number of ether oxygens (including phenoxy) is 1. The molecule has 3 nitrogen and oxygen atoms in total. The third-order valence-electron chi connectivity index (χ3n) is 4.35. The van der Waals surface area contributed by atoms with Crippen LogP contribution in [0.2, 0.25) is 5.02 Å². The maximum absolute atomic E-state index is 12.5. The summed E-state index contributed by atoms with van der Waals surface area (Å²) in [5.74, 6) is 0.535. The predicted molar refractivity (Wildman–Crippen MR) is 107 cm³/mol. The summed E-state index contributed by atoms with van der Waals surface area (Å²) in [6, 6.07) is 19.8. The van der Waals surface area contributed by atoms with Crippen LogP contribution in [0.25, 0.3) is 10.8 Å². The zero-order chi connectivity index (χ0) is 18.5. The number of halogens is 1. The van der Waals surface area contributed by atoms with Gasteiger partial charge in [0.25, 0.3) is 5.91 Å². The lowest BCUT2D eigenvalue weighted by Crippen LogP contribution is -2.37. The number of carbonyl (C=O) groups excluding carboxylic acids is 1. The first-order chi connectivity index (χ1) is 12.6. The zero-order valence-electron chi connectivity index (χ0n) is 15.0. The number of hydrogen-bond donors (Lipinski definition) is 1. The quantitative estimate of drug-likeness (QED) is 0.644. The molecule has 3 rings (SSSR count). The molecule has 0 radical (unpaired) electrons. The van der Waals surface area contributed by atoms with Crippen molar-refractivity contribution in [2.75, 3.05) is 0 Å². The van der Waals surface area contributed by atoms with Crippen LogP contribution in [0.3, 0.4) is 0 Å². The van der Waals surface area contributed by atoms with Gasteiger partial charge in [-0.05, 0) is 59.5 Å². The van der Waals surface area contributed by atoms with Gasteiger partial charge in [0.1, 0.15) is 5.75 Å². The van der Waals surface area contributed by atoms with Crippen LogP contribution >= 0.6 is 11.6 Å². The highest BCUT2D eigenvalue weighted by molar-refractivity contribution is 6.31. The van der Waals surface area contributed by atoms with Crippen LogP contribution < -0.4 is 10.1 Å². The zero-order valence-corrected chi connectivity index (χ0v) is 15.7. The summed E-state index contributed by atoms with van der Waals surface area (Å²) in [6.45, 7) is 4.32. The summed E-state index contributed by atoms with van der Waals surface area (Å²) in [4.78, 5) is 12.5. The Morgan fingerprint density at radius 3 is 2.58 bits per heavy atom. The number of carbonyl (C=O) groups is 1. The first kappa shape index (κ1) is 18.3. The molecule has 26 heavy (non-hydrogen) atoms. The molecule has 1 amide bonds. The van der Waals surface area contributed by atoms with Crippen LogP contribution in [0.5, 0.6) is 5.75 Å². The van der Waals surface area contributed by atoms with Crippen LogP contribution in [0.15, 0.2) is 60.7 Å². The molecular formula is C22H22ClNO2. The number of aryl methyl sites for hydroxylation is 1. The van der Waals surface area contributed by atoms with E-state index >= 15 is 0 Å². The molecule has 0 saturated carbocycles. The molecule has 0 saturated heterocycles. The van der Waals surface area contributed by atoms with Crippen molar-refractivity contribution in [3.05, 3.63) is 76.8 Å².